The van der Waals surface area contributed by atoms with Gasteiger partial charge in [-0.05, 0) is 42.4 Å². The molecule has 19 heavy (non-hydrogen) atoms. The van der Waals surface area contributed by atoms with Crippen molar-refractivity contribution in [1.82, 2.24) is 5.32 Å². The van der Waals surface area contributed by atoms with E-state index < -0.39 is 0 Å². The Kier molecular flexibility index (Phi) is 4.87. The molecule has 0 heterocycles. The first-order chi connectivity index (χ1) is 9.11. The zero-order chi connectivity index (χ0) is 13.8. The molecule has 0 aliphatic heterocycles. The number of amides is 1. The summed E-state index contributed by atoms with van der Waals surface area (Å²) < 4.78 is 0. The Hall–Kier alpha value is -1.02. The molecule has 0 radical (unpaired) electrons. The van der Waals surface area contributed by atoms with Gasteiger partial charge in [0.05, 0.1) is 0 Å². The molecular formula is C16H22ClNO. The Bertz CT molecular complexity index is 427. The molecule has 1 aromatic rings. The van der Waals surface area contributed by atoms with Crippen molar-refractivity contribution in [2.75, 3.05) is 5.88 Å². The van der Waals surface area contributed by atoms with Crippen molar-refractivity contribution in [2.24, 2.45) is 5.92 Å². The van der Waals surface area contributed by atoms with Gasteiger partial charge in [-0.3, -0.25) is 4.79 Å². The third-order valence-corrected chi connectivity index (χ3v) is 4.41. The van der Waals surface area contributed by atoms with Gasteiger partial charge in [-0.15, -0.1) is 11.6 Å². The lowest BCUT2D eigenvalue weighted by Gasteiger charge is -2.19. The summed E-state index contributed by atoms with van der Waals surface area (Å²) in [5.74, 6) is 1.59. The summed E-state index contributed by atoms with van der Waals surface area (Å²) in [5, 5.41) is 3.12. The first kappa shape index (κ1) is 14.4. The first-order valence-corrected chi connectivity index (χ1v) is 7.62. The van der Waals surface area contributed by atoms with E-state index in [0.717, 1.165) is 24.8 Å². The molecule has 3 heteroatoms. The van der Waals surface area contributed by atoms with Crippen LogP contribution in [0.2, 0.25) is 0 Å². The normalized spacial score (nSPS) is 22.7. The Balaban J connectivity index is 1.99. The number of carbonyl (C=O) groups excluding carboxylic acids is 1. The van der Waals surface area contributed by atoms with E-state index in [4.69, 9.17) is 11.6 Å². The van der Waals surface area contributed by atoms with Crippen molar-refractivity contribution in [3.8, 4) is 0 Å². The predicted octanol–water partition coefficient (Wildman–Crippen LogP) is 3.95. The van der Waals surface area contributed by atoms with Gasteiger partial charge in [0.25, 0.3) is 5.91 Å². The van der Waals surface area contributed by atoms with Gasteiger partial charge in [0.1, 0.15) is 0 Å². The standard InChI is InChI=1S/C16H22ClNO/c1-11(2)12-6-8-13(9-7-12)16(19)18-15-5-3-4-14(15)10-17/h6-9,11,14-15H,3-5,10H2,1-2H3,(H,18,19). The lowest BCUT2D eigenvalue weighted by atomic mass is 10.0. The van der Waals surface area contributed by atoms with Crippen LogP contribution in [-0.4, -0.2) is 17.8 Å². The van der Waals surface area contributed by atoms with Gasteiger partial charge < -0.3 is 5.32 Å². The number of carbonyl (C=O) groups is 1. The minimum absolute atomic E-state index is 0.0253. The summed E-state index contributed by atoms with van der Waals surface area (Å²) in [6.45, 7) is 4.30. The van der Waals surface area contributed by atoms with E-state index in [1.54, 1.807) is 0 Å². The van der Waals surface area contributed by atoms with Gasteiger partial charge in [0, 0.05) is 17.5 Å². The first-order valence-electron chi connectivity index (χ1n) is 7.08. The van der Waals surface area contributed by atoms with Crippen LogP contribution in [-0.2, 0) is 0 Å². The van der Waals surface area contributed by atoms with Gasteiger partial charge in [-0.1, -0.05) is 32.4 Å². The van der Waals surface area contributed by atoms with Crippen molar-refractivity contribution in [3.05, 3.63) is 35.4 Å². The zero-order valence-corrected chi connectivity index (χ0v) is 12.4. The van der Waals surface area contributed by atoms with Gasteiger partial charge in [-0.25, -0.2) is 0 Å². The highest BCUT2D eigenvalue weighted by molar-refractivity contribution is 6.18. The average molecular weight is 280 g/mol. The van der Waals surface area contributed by atoms with Gasteiger partial charge in [-0.2, -0.15) is 0 Å². The highest BCUT2D eigenvalue weighted by atomic mass is 35.5. The lowest BCUT2D eigenvalue weighted by Crippen LogP contribution is -2.37. The molecule has 1 fully saturated rings. The van der Waals surface area contributed by atoms with Crippen LogP contribution in [0.25, 0.3) is 0 Å². The fourth-order valence-electron chi connectivity index (χ4n) is 2.68. The molecule has 1 aliphatic carbocycles. The van der Waals surface area contributed by atoms with Crippen molar-refractivity contribution in [1.29, 1.82) is 0 Å². The van der Waals surface area contributed by atoms with Crippen molar-refractivity contribution < 1.29 is 4.79 Å². The van der Waals surface area contributed by atoms with E-state index in [2.05, 4.69) is 19.2 Å². The van der Waals surface area contributed by atoms with Crippen molar-refractivity contribution >= 4 is 17.5 Å². The zero-order valence-electron chi connectivity index (χ0n) is 11.7. The van der Waals surface area contributed by atoms with Crippen LogP contribution in [0.4, 0.5) is 0 Å². The molecule has 1 N–H and O–H groups in total. The maximum absolute atomic E-state index is 12.2. The molecule has 104 valence electrons. The molecule has 2 atom stereocenters. The molecular weight excluding hydrogens is 258 g/mol. The molecule has 1 amide bonds. The van der Waals surface area contributed by atoms with E-state index in [1.807, 2.05) is 24.3 Å². The Labute approximate surface area is 120 Å². The van der Waals surface area contributed by atoms with Crippen LogP contribution >= 0.6 is 11.6 Å². The second kappa shape index (κ2) is 6.42. The highest BCUT2D eigenvalue weighted by Crippen LogP contribution is 2.27. The number of nitrogens with one attached hydrogen (secondary N) is 1. The van der Waals surface area contributed by atoms with E-state index in [0.29, 0.717) is 17.7 Å². The molecule has 0 aromatic heterocycles. The number of halogens is 1. The van der Waals surface area contributed by atoms with Crippen LogP contribution in [0.5, 0.6) is 0 Å². The highest BCUT2D eigenvalue weighted by Gasteiger charge is 2.27. The number of rotatable bonds is 4. The van der Waals surface area contributed by atoms with Gasteiger partial charge in [0.15, 0.2) is 0 Å². The summed E-state index contributed by atoms with van der Waals surface area (Å²) in [7, 11) is 0. The van der Waals surface area contributed by atoms with E-state index >= 15 is 0 Å². The van der Waals surface area contributed by atoms with E-state index in [9.17, 15) is 4.79 Å². The van der Waals surface area contributed by atoms with Crippen molar-refractivity contribution in [2.45, 2.75) is 45.1 Å². The fraction of sp³-hybridized carbons (Fsp3) is 0.562. The minimum atomic E-state index is 0.0253. The quantitative estimate of drug-likeness (QED) is 0.831. The van der Waals surface area contributed by atoms with Crippen LogP contribution in [0, 0.1) is 5.92 Å². The Morgan fingerprint density at radius 3 is 2.58 bits per heavy atom. The summed E-state index contributed by atoms with van der Waals surface area (Å²) in [5.41, 5.74) is 2.00. The predicted molar refractivity (Wildman–Crippen MR) is 79.8 cm³/mol. The van der Waals surface area contributed by atoms with Crippen LogP contribution in [0.3, 0.4) is 0 Å². The summed E-state index contributed by atoms with van der Waals surface area (Å²) in [6, 6.07) is 8.14. The van der Waals surface area contributed by atoms with Crippen LogP contribution in [0.15, 0.2) is 24.3 Å². The third-order valence-electron chi connectivity index (χ3n) is 4.01. The number of hydrogen-bond donors (Lipinski definition) is 1. The number of hydrogen-bond acceptors (Lipinski definition) is 1. The lowest BCUT2D eigenvalue weighted by molar-refractivity contribution is 0.0930. The Morgan fingerprint density at radius 1 is 1.32 bits per heavy atom. The van der Waals surface area contributed by atoms with Crippen LogP contribution in [0.1, 0.15) is 54.9 Å². The maximum Gasteiger partial charge on any atom is 0.251 e. The topological polar surface area (TPSA) is 29.1 Å². The summed E-state index contributed by atoms with van der Waals surface area (Å²) in [6.07, 6.45) is 3.34. The molecule has 0 bridgehead atoms. The smallest absolute Gasteiger partial charge is 0.251 e. The second-order valence-electron chi connectivity index (χ2n) is 5.70. The monoisotopic (exact) mass is 279 g/mol. The molecule has 0 spiro atoms. The van der Waals surface area contributed by atoms with Gasteiger partial charge >= 0.3 is 0 Å². The molecule has 1 aromatic carbocycles. The van der Waals surface area contributed by atoms with E-state index in [1.165, 1.54) is 5.56 Å². The van der Waals surface area contributed by atoms with E-state index in [-0.39, 0.29) is 11.9 Å². The number of alkyl halides is 1. The maximum atomic E-state index is 12.2. The minimum Gasteiger partial charge on any atom is -0.349 e. The Morgan fingerprint density at radius 2 is 2.00 bits per heavy atom. The fourth-order valence-corrected chi connectivity index (χ4v) is 3.05. The largest absolute Gasteiger partial charge is 0.349 e. The summed E-state index contributed by atoms with van der Waals surface area (Å²) in [4.78, 5) is 12.2. The van der Waals surface area contributed by atoms with Crippen LogP contribution < -0.4 is 5.32 Å². The molecule has 0 saturated heterocycles. The molecule has 1 saturated carbocycles. The molecule has 1 aliphatic rings. The summed E-state index contributed by atoms with van der Waals surface area (Å²) >= 11 is 5.94. The van der Waals surface area contributed by atoms with Gasteiger partial charge in [0.2, 0.25) is 0 Å². The molecule has 2 rings (SSSR count). The SMILES string of the molecule is CC(C)c1ccc(C(=O)NC2CCCC2CCl)cc1. The number of benzene rings is 1. The van der Waals surface area contributed by atoms with Crippen molar-refractivity contribution in [3.63, 3.8) is 0 Å². The molecule has 2 unspecified atom stereocenters. The third kappa shape index (κ3) is 3.50. The second-order valence-corrected chi connectivity index (χ2v) is 6.01. The molecule has 2 nitrogen and oxygen atoms in total. The average Bonchev–Trinajstić information content (AvgIpc) is 2.86.